The molecule has 0 N–H and O–H groups in total. The van der Waals surface area contributed by atoms with E-state index in [1.807, 2.05) is 0 Å². The maximum Gasteiger partial charge on any atom is 0.305 e. The number of ether oxygens (including phenoxy) is 2. The Morgan fingerprint density at radius 1 is 0.395 bits per heavy atom. The first-order chi connectivity index (χ1) is 21.2. The van der Waals surface area contributed by atoms with E-state index in [-0.39, 0.29) is 11.9 Å². The smallest absolute Gasteiger partial charge is 0.305 e. The van der Waals surface area contributed by atoms with Crippen LogP contribution in [0.5, 0.6) is 0 Å². The highest BCUT2D eigenvalue weighted by Gasteiger charge is 2.05. The highest BCUT2D eigenvalue weighted by molar-refractivity contribution is 5.69. The molecule has 43 heavy (non-hydrogen) atoms. The van der Waals surface area contributed by atoms with Gasteiger partial charge in [-0.1, -0.05) is 127 Å². The molecule has 0 aromatic rings. The molecule has 0 saturated heterocycles. The molecule has 0 bridgehead atoms. The lowest BCUT2D eigenvalue weighted by atomic mass is 10.1. The van der Waals surface area contributed by atoms with E-state index in [1.54, 1.807) is 0 Å². The first-order valence-corrected chi connectivity index (χ1v) is 18.1. The van der Waals surface area contributed by atoms with Crippen molar-refractivity contribution in [3.63, 3.8) is 0 Å². The average Bonchev–Trinajstić information content (AvgIpc) is 3.00. The molecule has 0 atom stereocenters. The van der Waals surface area contributed by atoms with Crippen LogP contribution in [0.15, 0.2) is 48.6 Å². The van der Waals surface area contributed by atoms with E-state index < -0.39 is 0 Å². The maximum atomic E-state index is 11.9. The predicted molar refractivity (Wildman–Crippen MR) is 185 cm³/mol. The van der Waals surface area contributed by atoms with Crippen LogP contribution in [0, 0.1) is 0 Å². The van der Waals surface area contributed by atoms with E-state index in [4.69, 9.17) is 9.47 Å². The van der Waals surface area contributed by atoms with Gasteiger partial charge in [-0.3, -0.25) is 9.59 Å². The Labute approximate surface area is 266 Å². The number of carbonyl (C=O) groups excluding carboxylic acids is 2. The van der Waals surface area contributed by atoms with Gasteiger partial charge in [-0.05, 0) is 77.0 Å². The van der Waals surface area contributed by atoms with E-state index in [0.29, 0.717) is 32.5 Å². The number of carbonyl (C=O) groups is 2. The molecular formula is C39H68O4. The molecule has 0 amide bonds. The molecule has 4 heteroatoms. The number of allylic oxidation sites excluding steroid dienone is 8. The normalized spacial score (nSPS) is 12.0. The summed E-state index contributed by atoms with van der Waals surface area (Å²) in [5, 5.41) is 0. The molecule has 0 aliphatic heterocycles. The quantitative estimate of drug-likeness (QED) is 0.0438. The molecule has 0 aliphatic carbocycles. The highest BCUT2D eigenvalue weighted by atomic mass is 16.5. The van der Waals surface area contributed by atoms with Gasteiger partial charge in [-0.15, -0.1) is 0 Å². The van der Waals surface area contributed by atoms with Crippen LogP contribution in [0.3, 0.4) is 0 Å². The summed E-state index contributed by atoms with van der Waals surface area (Å²) in [6.45, 7) is 5.14. The zero-order valence-corrected chi connectivity index (χ0v) is 28.3. The van der Waals surface area contributed by atoms with Crippen LogP contribution in [-0.2, 0) is 19.1 Å². The van der Waals surface area contributed by atoms with Gasteiger partial charge in [-0.2, -0.15) is 0 Å². The van der Waals surface area contributed by atoms with Crippen LogP contribution in [0.25, 0.3) is 0 Å². The van der Waals surface area contributed by atoms with Gasteiger partial charge in [0.1, 0.15) is 0 Å². The topological polar surface area (TPSA) is 52.6 Å². The third kappa shape index (κ3) is 36.0. The van der Waals surface area contributed by atoms with Crippen molar-refractivity contribution < 1.29 is 19.1 Å². The first kappa shape index (κ1) is 40.9. The third-order valence-electron chi connectivity index (χ3n) is 7.48. The summed E-state index contributed by atoms with van der Waals surface area (Å²) in [5.41, 5.74) is 0. The molecule has 0 fully saturated rings. The second-order valence-corrected chi connectivity index (χ2v) is 11.8. The molecule has 0 spiro atoms. The van der Waals surface area contributed by atoms with E-state index in [2.05, 4.69) is 62.5 Å². The van der Waals surface area contributed by atoms with Gasteiger partial charge in [0, 0.05) is 19.3 Å². The van der Waals surface area contributed by atoms with Crippen LogP contribution in [0.4, 0.5) is 0 Å². The van der Waals surface area contributed by atoms with Gasteiger partial charge < -0.3 is 9.47 Å². The molecule has 0 saturated carbocycles. The minimum atomic E-state index is -0.158. The summed E-state index contributed by atoms with van der Waals surface area (Å²) in [5.74, 6) is -0.295. The van der Waals surface area contributed by atoms with Gasteiger partial charge in [0.15, 0.2) is 0 Å². The molecular weight excluding hydrogens is 532 g/mol. The van der Waals surface area contributed by atoms with Gasteiger partial charge in [-0.25, -0.2) is 0 Å². The third-order valence-corrected chi connectivity index (χ3v) is 7.48. The Balaban J connectivity index is 3.41. The second-order valence-electron chi connectivity index (χ2n) is 11.8. The van der Waals surface area contributed by atoms with Crippen molar-refractivity contribution in [1.82, 2.24) is 0 Å². The summed E-state index contributed by atoms with van der Waals surface area (Å²) < 4.78 is 10.5. The lowest BCUT2D eigenvalue weighted by Crippen LogP contribution is -2.10. The number of esters is 2. The molecule has 4 nitrogen and oxygen atoms in total. The van der Waals surface area contributed by atoms with Crippen molar-refractivity contribution in [2.24, 2.45) is 0 Å². The van der Waals surface area contributed by atoms with Crippen molar-refractivity contribution in [2.45, 2.75) is 174 Å². The summed E-state index contributed by atoms with van der Waals surface area (Å²) in [4.78, 5) is 23.8. The van der Waals surface area contributed by atoms with Crippen LogP contribution in [0.2, 0.25) is 0 Å². The molecule has 0 unspecified atom stereocenters. The SMILES string of the molecule is CCCCCC=CCC=CCC=CCCCCC(=O)OCCCOC(=O)CCCCCCCC=CCCCCCCCC. The fourth-order valence-corrected chi connectivity index (χ4v) is 4.74. The predicted octanol–water partition coefficient (Wildman–Crippen LogP) is 12.1. The summed E-state index contributed by atoms with van der Waals surface area (Å²) in [6.07, 6.45) is 45.7. The van der Waals surface area contributed by atoms with Gasteiger partial charge in [0.25, 0.3) is 0 Å². The van der Waals surface area contributed by atoms with Crippen LogP contribution < -0.4 is 0 Å². The second kappa shape index (κ2) is 36.1. The molecule has 0 radical (unpaired) electrons. The number of hydrogen-bond donors (Lipinski definition) is 0. The van der Waals surface area contributed by atoms with E-state index in [0.717, 1.165) is 44.9 Å². The van der Waals surface area contributed by atoms with Gasteiger partial charge in [0.2, 0.25) is 0 Å². The van der Waals surface area contributed by atoms with Gasteiger partial charge >= 0.3 is 11.9 Å². The Morgan fingerprint density at radius 3 is 1.23 bits per heavy atom. The fraction of sp³-hybridized carbons (Fsp3) is 0.744. The van der Waals surface area contributed by atoms with Crippen LogP contribution in [0.1, 0.15) is 174 Å². The first-order valence-electron chi connectivity index (χ1n) is 18.1. The van der Waals surface area contributed by atoms with Crippen molar-refractivity contribution in [3.05, 3.63) is 48.6 Å². The number of rotatable bonds is 32. The molecule has 0 aromatic heterocycles. The lowest BCUT2D eigenvalue weighted by Gasteiger charge is -2.06. The number of unbranched alkanes of at least 4 members (excludes halogenated alkanes) is 16. The molecule has 0 heterocycles. The summed E-state index contributed by atoms with van der Waals surface area (Å²) in [7, 11) is 0. The minimum Gasteiger partial charge on any atom is -0.466 e. The molecule has 0 aromatic carbocycles. The molecule has 0 aliphatic rings. The fourth-order valence-electron chi connectivity index (χ4n) is 4.74. The molecule has 0 rings (SSSR count). The van der Waals surface area contributed by atoms with Crippen molar-refractivity contribution >= 4 is 11.9 Å². The van der Waals surface area contributed by atoms with Crippen molar-refractivity contribution in [2.75, 3.05) is 13.2 Å². The standard InChI is InChI=1S/C39H68O4/c1-3-5-7-9-11-13-15-17-19-21-23-25-27-29-31-34-38(40)42-36-33-37-43-39(41)35-32-30-28-26-24-22-20-18-16-14-12-10-8-6-4-2/h11,13,17-20,23,25H,3-10,12,14-16,21-22,24,26-37H2,1-2H3. The lowest BCUT2D eigenvalue weighted by molar-refractivity contribution is -0.146. The van der Waals surface area contributed by atoms with E-state index >= 15 is 0 Å². The highest BCUT2D eigenvalue weighted by Crippen LogP contribution is 2.10. The summed E-state index contributed by atoms with van der Waals surface area (Å²) in [6, 6.07) is 0. The largest absolute Gasteiger partial charge is 0.466 e. The van der Waals surface area contributed by atoms with Crippen LogP contribution in [-0.4, -0.2) is 25.2 Å². The summed E-state index contributed by atoms with van der Waals surface area (Å²) >= 11 is 0. The molecule has 248 valence electrons. The maximum absolute atomic E-state index is 11.9. The van der Waals surface area contributed by atoms with Crippen molar-refractivity contribution in [1.29, 1.82) is 0 Å². The van der Waals surface area contributed by atoms with E-state index in [9.17, 15) is 9.59 Å². The Hall–Kier alpha value is -2.10. The monoisotopic (exact) mass is 601 g/mol. The zero-order valence-electron chi connectivity index (χ0n) is 28.3. The van der Waals surface area contributed by atoms with Gasteiger partial charge in [0.05, 0.1) is 13.2 Å². The average molecular weight is 601 g/mol. The zero-order chi connectivity index (χ0) is 31.3. The van der Waals surface area contributed by atoms with Crippen molar-refractivity contribution in [3.8, 4) is 0 Å². The number of hydrogen-bond acceptors (Lipinski definition) is 4. The minimum absolute atomic E-state index is 0.137. The van der Waals surface area contributed by atoms with Crippen LogP contribution >= 0.6 is 0 Å². The Bertz CT molecular complexity index is 719. The Morgan fingerprint density at radius 2 is 0.721 bits per heavy atom. The van der Waals surface area contributed by atoms with E-state index in [1.165, 1.54) is 96.3 Å². The Kier molecular flexibility index (Phi) is 34.3.